The molecule has 0 fully saturated rings. The number of hydrogen-bond donors (Lipinski definition) is 3. The van der Waals surface area contributed by atoms with Crippen molar-refractivity contribution in [3.05, 3.63) is 58.6 Å². The number of carbonyl (C=O) groups is 3. The lowest BCUT2D eigenvalue weighted by atomic mass is 10.0. The third-order valence-electron chi connectivity index (χ3n) is 4.37. The largest absolute Gasteiger partial charge is 0.496 e. The average Bonchev–Trinajstić information content (AvgIpc) is 2.73. The second kappa shape index (κ2) is 11.3. The van der Waals surface area contributed by atoms with Crippen LogP contribution in [0.25, 0.3) is 0 Å². The quantitative estimate of drug-likeness (QED) is 0.517. The van der Waals surface area contributed by atoms with Gasteiger partial charge in [-0.05, 0) is 42.3 Å². The van der Waals surface area contributed by atoms with E-state index in [9.17, 15) is 14.4 Å². The van der Waals surface area contributed by atoms with E-state index in [1.807, 2.05) is 26.0 Å². The van der Waals surface area contributed by atoms with Gasteiger partial charge >= 0.3 is 0 Å². The average molecular weight is 476 g/mol. The summed E-state index contributed by atoms with van der Waals surface area (Å²) in [7, 11) is 1.48. The van der Waals surface area contributed by atoms with Gasteiger partial charge in [0.2, 0.25) is 11.8 Å². The van der Waals surface area contributed by atoms with E-state index in [4.69, 9.17) is 4.74 Å². The lowest BCUT2D eigenvalue weighted by molar-refractivity contribution is -0.124. The van der Waals surface area contributed by atoms with Crippen molar-refractivity contribution in [3.8, 4) is 5.75 Å². The van der Waals surface area contributed by atoms with Crippen LogP contribution in [-0.4, -0.2) is 37.4 Å². The molecule has 0 aromatic heterocycles. The van der Waals surface area contributed by atoms with Crippen molar-refractivity contribution in [2.75, 3.05) is 19.0 Å². The van der Waals surface area contributed by atoms with Crippen LogP contribution in [-0.2, 0) is 9.59 Å². The Labute approximate surface area is 184 Å². The van der Waals surface area contributed by atoms with Gasteiger partial charge in [-0.1, -0.05) is 41.9 Å². The molecule has 8 heteroatoms. The van der Waals surface area contributed by atoms with Gasteiger partial charge in [-0.15, -0.1) is 0 Å². The zero-order valence-corrected chi connectivity index (χ0v) is 18.8. The maximum absolute atomic E-state index is 12.6. The Hall–Kier alpha value is -2.87. The first-order valence-electron chi connectivity index (χ1n) is 9.58. The number of methoxy groups -OCH3 is 1. The van der Waals surface area contributed by atoms with E-state index in [1.165, 1.54) is 7.11 Å². The summed E-state index contributed by atoms with van der Waals surface area (Å²) in [6, 6.07) is 13.3. The van der Waals surface area contributed by atoms with Gasteiger partial charge in [-0.25, -0.2) is 0 Å². The first-order valence-corrected chi connectivity index (χ1v) is 10.4. The number of anilines is 1. The SMILES string of the molecule is COc1ccccc1C(=O)NC(C(=O)NCCC(=O)Nc1ccc(Br)cc1)C(C)C. The highest BCUT2D eigenvalue weighted by Crippen LogP contribution is 2.18. The number of nitrogens with one attached hydrogen (secondary N) is 3. The van der Waals surface area contributed by atoms with E-state index in [2.05, 4.69) is 31.9 Å². The van der Waals surface area contributed by atoms with Gasteiger partial charge in [0.1, 0.15) is 11.8 Å². The number of halogens is 1. The van der Waals surface area contributed by atoms with Gasteiger partial charge in [0.25, 0.3) is 5.91 Å². The normalized spacial score (nSPS) is 11.5. The number of rotatable bonds is 9. The topological polar surface area (TPSA) is 96.5 Å². The van der Waals surface area contributed by atoms with E-state index >= 15 is 0 Å². The highest BCUT2D eigenvalue weighted by molar-refractivity contribution is 9.10. The zero-order chi connectivity index (χ0) is 22.1. The number of ether oxygens (including phenoxy) is 1. The standard InChI is InChI=1S/C22H26BrN3O4/c1-14(2)20(26-21(28)17-6-4-5-7-18(17)30-3)22(29)24-13-12-19(27)25-16-10-8-15(23)9-11-16/h4-11,14,20H,12-13H2,1-3H3,(H,24,29)(H,25,27)(H,26,28). The Kier molecular flexibility index (Phi) is 8.86. The molecule has 30 heavy (non-hydrogen) atoms. The summed E-state index contributed by atoms with van der Waals surface area (Å²) in [4.78, 5) is 37.3. The van der Waals surface area contributed by atoms with Gasteiger partial charge in [0.05, 0.1) is 12.7 Å². The number of hydrogen-bond acceptors (Lipinski definition) is 4. The zero-order valence-electron chi connectivity index (χ0n) is 17.2. The molecule has 0 heterocycles. The second-order valence-electron chi connectivity index (χ2n) is 6.99. The molecule has 2 aromatic rings. The van der Waals surface area contributed by atoms with Gasteiger partial charge in [-0.2, -0.15) is 0 Å². The molecule has 0 saturated carbocycles. The molecule has 2 rings (SSSR count). The summed E-state index contributed by atoms with van der Waals surface area (Å²) < 4.78 is 6.13. The maximum Gasteiger partial charge on any atom is 0.255 e. The van der Waals surface area contributed by atoms with E-state index < -0.39 is 11.9 Å². The van der Waals surface area contributed by atoms with Gasteiger partial charge in [0.15, 0.2) is 0 Å². The Morgan fingerprint density at radius 2 is 1.70 bits per heavy atom. The van der Waals surface area contributed by atoms with Crippen molar-refractivity contribution in [1.29, 1.82) is 0 Å². The molecule has 0 aliphatic rings. The van der Waals surface area contributed by atoms with Gasteiger partial charge in [0, 0.05) is 23.1 Å². The highest BCUT2D eigenvalue weighted by atomic mass is 79.9. The van der Waals surface area contributed by atoms with Crippen molar-refractivity contribution in [3.63, 3.8) is 0 Å². The van der Waals surface area contributed by atoms with E-state index in [0.717, 1.165) is 4.47 Å². The van der Waals surface area contributed by atoms with Crippen LogP contribution in [0.3, 0.4) is 0 Å². The fraction of sp³-hybridized carbons (Fsp3) is 0.318. The molecular formula is C22H26BrN3O4. The van der Waals surface area contributed by atoms with E-state index in [-0.39, 0.29) is 30.7 Å². The minimum Gasteiger partial charge on any atom is -0.496 e. The van der Waals surface area contributed by atoms with Crippen molar-refractivity contribution < 1.29 is 19.1 Å². The molecule has 0 spiro atoms. The Morgan fingerprint density at radius 1 is 1.03 bits per heavy atom. The van der Waals surface area contributed by atoms with Crippen LogP contribution < -0.4 is 20.7 Å². The first kappa shape index (κ1) is 23.4. The molecule has 0 bridgehead atoms. The predicted octanol–water partition coefficient (Wildman–Crippen LogP) is 3.36. The number of carbonyl (C=O) groups excluding carboxylic acids is 3. The number of amides is 3. The molecule has 0 radical (unpaired) electrons. The van der Waals surface area contributed by atoms with E-state index in [1.54, 1.807) is 36.4 Å². The minimum absolute atomic E-state index is 0.118. The maximum atomic E-state index is 12.6. The van der Waals surface area contributed by atoms with Crippen LogP contribution in [0.5, 0.6) is 5.75 Å². The van der Waals surface area contributed by atoms with Crippen molar-refractivity contribution in [2.45, 2.75) is 26.3 Å². The number of para-hydroxylation sites is 1. The molecule has 0 aliphatic carbocycles. The van der Waals surface area contributed by atoms with Crippen LogP contribution in [0.2, 0.25) is 0 Å². The minimum atomic E-state index is -0.739. The second-order valence-corrected chi connectivity index (χ2v) is 7.91. The molecule has 0 aliphatic heterocycles. The predicted molar refractivity (Wildman–Crippen MR) is 119 cm³/mol. The summed E-state index contributed by atoms with van der Waals surface area (Å²) in [6.45, 7) is 3.84. The molecule has 0 saturated heterocycles. The molecule has 3 N–H and O–H groups in total. The van der Waals surface area contributed by atoms with Crippen LogP contribution in [0.15, 0.2) is 53.0 Å². The lowest BCUT2D eigenvalue weighted by Crippen LogP contribution is -2.50. The smallest absolute Gasteiger partial charge is 0.255 e. The molecule has 1 atom stereocenters. The van der Waals surface area contributed by atoms with Crippen LogP contribution >= 0.6 is 15.9 Å². The Morgan fingerprint density at radius 3 is 2.33 bits per heavy atom. The Bertz CT molecular complexity index is 884. The van der Waals surface area contributed by atoms with Crippen molar-refractivity contribution in [2.24, 2.45) is 5.92 Å². The summed E-state index contributed by atoms with van der Waals surface area (Å²) in [6.07, 6.45) is 0.118. The van der Waals surface area contributed by atoms with Gasteiger partial charge in [-0.3, -0.25) is 14.4 Å². The van der Waals surface area contributed by atoms with E-state index in [0.29, 0.717) is 17.0 Å². The van der Waals surface area contributed by atoms with Crippen molar-refractivity contribution in [1.82, 2.24) is 10.6 Å². The fourth-order valence-electron chi connectivity index (χ4n) is 2.75. The van der Waals surface area contributed by atoms with Gasteiger partial charge < -0.3 is 20.7 Å². The number of benzene rings is 2. The first-order chi connectivity index (χ1) is 14.3. The van der Waals surface area contributed by atoms with Crippen LogP contribution in [0.4, 0.5) is 5.69 Å². The molecule has 7 nitrogen and oxygen atoms in total. The summed E-state index contributed by atoms with van der Waals surface area (Å²) >= 11 is 3.34. The molecule has 1 unspecified atom stereocenters. The third kappa shape index (κ3) is 6.88. The molecule has 2 aromatic carbocycles. The fourth-order valence-corrected chi connectivity index (χ4v) is 3.02. The molecule has 3 amide bonds. The molecule has 160 valence electrons. The lowest BCUT2D eigenvalue weighted by Gasteiger charge is -2.22. The summed E-state index contributed by atoms with van der Waals surface area (Å²) in [5.74, 6) is -0.654. The monoisotopic (exact) mass is 475 g/mol. The summed E-state index contributed by atoms with van der Waals surface area (Å²) in [5.41, 5.74) is 1.03. The third-order valence-corrected chi connectivity index (χ3v) is 4.90. The molecular weight excluding hydrogens is 450 g/mol. The van der Waals surface area contributed by atoms with Crippen LogP contribution in [0.1, 0.15) is 30.6 Å². The van der Waals surface area contributed by atoms with Crippen LogP contribution in [0, 0.1) is 5.92 Å². The highest BCUT2D eigenvalue weighted by Gasteiger charge is 2.25. The Balaban J connectivity index is 1.88. The van der Waals surface area contributed by atoms with Crippen molar-refractivity contribution >= 4 is 39.3 Å². The summed E-state index contributed by atoms with van der Waals surface area (Å²) in [5, 5.41) is 8.24.